The van der Waals surface area contributed by atoms with Crippen molar-refractivity contribution in [2.45, 2.75) is 46.0 Å². The number of carbonyl (C=O) groups is 2. The highest BCUT2D eigenvalue weighted by molar-refractivity contribution is 6.30. The monoisotopic (exact) mass is 430 g/mol. The van der Waals surface area contributed by atoms with E-state index in [4.69, 9.17) is 11.6 Å². The number of nitrogens with zero attached hydrogens (tertiary/aromatic N) is 3. The SMILES string of the molecule is CCCNC(=O)C1CCN(C(=O)C2(C)CCN(c3ccc(Cl)cc3C#N)CC2)CC1. The summed E-state index contributed by atoms with van der Waals surface area (Å²) in [6, 6.07) is 7.60. The first-order valence-corrected chi connectivity index (χ1v) is 11.3. The summed E-state index contributed by atoms with van der Waals surface area (Å²) in [5.74, 6) is 0.343. The van der Waals surface area contributed by atoms with E-state index in [1.807, 2.05) is 17.9 Å². The number of anilines is 1. The van der Waals surface area contributed by atoms with Gasteiger partial charge in [-0.2, -0.15) is 5.26 Å². The molecule has 0 atom stereocenters. The van der Waals surface area contributed by atoms with E-state index in [0.29, 0.717) is 30.2 Å². The second-order valence-corrected chi connectivity index (χ2v) is 9.11. The van der Waals surface area contributed by atoms with E-state index in [1.54, 1.807) is 12.1 Å². The smallest absolute Gasteiger partial charge is 0.228 e. The standard InChI is InChI=1S/C23H31ClN4O2/c1-3-10-26-21(29)17-6-11-28(12-7-17)22(30)23(2)8-13-27(14-9-23)20-5-4-19(24)15-18(20)16-25/h4-5,15,17H,3,6-14H2,1-2H3,(H,26,29). The van der Waals surface area contributed by atoms with Crippen molar-refractivity contribution in [3.8, 4) is 6.07 Å². The number of hydrogen-bond acceptors (Lipinski definition) is 4. The predicted molar refractivity (Wildman–Crippen MR) is 118 cm³/mol. The molecule has 2 saturated heterocycles. The normalized spacial score (nSPS) is 19.3. The maximum atomic E-state index is 13.3. The fraction of sp³-hybridized carbons (Fsp3) is 0.609. The number of carbonyl (C=O) groups excluding carboxylic acids is 2. The molecule has 2 amide bonds. The van der Waals surface area contributed by atoms with Gasteiger partial charge in [0, 0.05) is 49.1 Å². The number of hydrogen-bond donors (Lipinski definition) is 1. The molecule has 3 rings (SSSR count). The van der Waals surface area contributed by atoms with Crippen LogP contribution in [-0.4, -0.2) is 49.4 Å². The Labute approximate surface area is 184 Å². The van der Waals surface area contributed by atoms with Gasteiger partial charge < -0.3 is 15.1 Å². The largest absolute Gasteiger partial charge is 0.370 e. The summed E-state index contributed by atoms with van der Waals surface area (Å²) in [7, 11) is 0. The number of nitriles is 1. The minimum atomic E-state index is -0.396. The third-order valence-electron chi connectivity index (χ3n) is 6.51. The van der Waals surface area contributed by atoms with Crippen LogP contribution in [0.2, 0.25) is 5.02 Å². The van der Waals surface area contributed by atoms with Crippen LogP contribution in [-0.2, 0) is 9.59 Å². The average Bonchev–Trinajstić information content (AvgIpc) is 2.77. The number of piperidine rings is 2. The molecule has 0 radical (unpaired) electrons. The molecule has 0 spiro atoms. The van der Waals surface area contributed by atoms with E-state index in [0.717, 1.165) is 50.9 Å². The summed E-state index contributed by atoms with van der Waals surface area (Å²) < 4.78 is 0. The average molecular weight is 431 g/mol. The van der Waals surface area contributed by atoms with Gasteiger partial charge in [0.2, 0.25) is 11.8 Å². The Hall–Kier alpha value is -2.26. The zero-order chi connectivity index (χ0) is 21.7. The zero-order valence-corrected chi connectivity index (χ0v) is 18.7. The summed E-state index contributed by atoms with van der Waals surface area (Å²) in [6.07, 6.45) is 3.90. The van der Waals surface area contributed by atoms with Crippen molar-refractivity contribution in [3.05, 3.63) is 28.8 Å². The molecule has 0 saturated carbocycles. The van der Waals surface area contributed by atoms with Crippen LogP contribution < -0.4 is 10.2 Å². The van der Waals surface area contributed by atoms with Crippen LogP contribution in [0.25, 0.3) is 0 Å². The summed E-state index contributed by atoms with van der Waals surface area (Å²) in [6.45, 7) is 7.58. The van der Waals surface area contributed by atoms with Crippen LogP contribution in [0.5, 0.6) is 0 Å². The van der Waals surface area contributed by atoms with Gasteiger partial charge in [0.15, 0.2) is 0 Å². The van der Waals surface area contributed by atoms with E-state index in [1.165, 1.54) is 0 Å². The van der Waals surface area contributed by atoms with Crippen molar-refractivity contribution < 1.29 is 9.59 Å². The molecular formula is C23H31ClN4O2. The number of rotatable bonds is 5. The third-order valence-corrected chi connectivity index (χ3v) is 6.74. The number of likely N-dealkylation sites (tertiary alicyclic amines) is 1. The van der Waals surface area contributed by atoms with Gasteiger partial charge in [0.1, 0.15) is 6.07 Å². The van der Waals surface area contributed by atoms with Gasteiger partial charge in [-0.3, -0.25) is 9.59 Å². The fourth-order valence-corrected chi connectivity index (χ4v) is 4.62. The van der Waals surface area contributed by atoms with Crippen molar-refractivity contribution >= 4 is 29.1 Å². The lowest BCUT2D eigenvalue weighted by atomic mass is 9.78. The van der Waals surface area contributed by atoms with Gasteiger partial charge in [0.05, 0.1) is 11.3 Å². The first-order valence-electron chi connectivity index (χ1n) is 10.9. The quantitative estimate of drug-likeness (QED) is 0.774. The molecule has 30 heavy (non-hydrogen) atoms. The highest BCUT2D eigenvalue weighted by Gasteiger charge is 2.41. The van der Waals surface area contributed by atoms with Crippen molar-refractivity contribution in [2.75, 3.05) is 37.6 Å². The highest BCUT2D eigenvalue weighted by atomic mass is 35.5. The van der Waals surface area contributed by atoms with Gasteiger partial charge in [-0.15, -0.1) is 0 Å². The molecule has 0 bridgehead atoms. The van der Waals surface area contributed by atoms with Crippen LogP contribution in [0.4, 0.5) is 5.69 Å². The van der Waals surface area contributed by atoms with Crippen molar-refractivity contribution in [1.29, 1.82) is 5.26 Å². The van der Waals surface area contributed by atoms with Crippen LogP contribution >= 0.6 is 11.6 Å². The summed E-state index contributed by atoms with van der Waals surface area (Å²) in [5, 5.41) is 12.9. The van der Waals surface area contributed by atoms with E-state index in [2.05, 4.69) is 23.2 Å². The van der Waals surface area contributed by atoms with Crippen LogP contribution in [0.3, 0.4) is 0 Å². The number of benzene rings is 1. The molecule has 1 N–H and O–H groups in total. The third kappa shape index (κ3) is 4.89. The summed E-state index contributed by atoms with van der Waals surface area (Å²) in [4.78, 5) is 29.6. The molecule has 2 fully saturated rings. The number of nitrogens with one attached hydrogen (secondary N) is 1. The van der Waals surface area contributed by atoms with Gasteiger partial charge in [-0.25, -0.2) is 0 Å². The molecule has 2 aliphatic heterocycles. The molecule has 1 aromatic carbocycles. The molecule has 2 heterocycles. The molecule has 1 aromatic rings. The van der Waals surface area contributed by atoms with Crippen molar-refractivity contribution in [1.82, 2.24) is 10.2 Å². The van der Waals surface area contributed by atoms with E-state index in [-0.39, 0.29) is 17.7 Å². The Morgan fingerprint density at radius 1 is 1.23 bits per heavy atom. The Balaban J connectivity index is 1.56. The molecule has 2 aliphatic rings. The van der Waals surface area contributed by atoms with E-state index < -0.39 is 5.41 Å². The molecule has 0 unspecified atom stereocenters. The Morgan fingerprint density at radius 3 is 2.50 bits per heavy atom. The second-order valence-electron chi connectivity index (χ2n) is 8.68. The van der Waals surface area contributed by atoms with Gasteiger partial charge >= 0.3 is 0 Å². The Bertz CT molecular complexity index is 819. The van der Waals surface area contributed by atoms with E-state index >= 15 is 0 Å². The molecule has 7 heteroatoms. The van der Waals surface area contributed by atoms with Crippen LogP contribution in [0, 0.1) is 22.7 Å². The van der Waals surface area contributed by atoms with Gasteiger partial charge in [-0.05, 0) is 50.3 Å². The van der Waals surface area contributed by atoms with Crippen LogP contribution in [0.1, 0.15) is 51.5 Å². The Morgan fingerprint density at radius 2 is 1.90 bits per heavy atom. The topological polar surface area (TPSA) is 76.4 Å². The first-order chi connectivity index (χ1) is 14.4. The van der Waals surface area contributed by atoms with Crippen molar-refractivity contribution in [3.63, 3.8) is 0 Å². The van der Waals surface area contributed by atoms with E-state index in [9.17, 15) is 14.9 Å². The van der Waals surface area contributed by atoms with Gasteiger partial charge in [0.25, 0.3) is 0 Å². The summed E-state index contributed by atoms with van der Waals surface area (Å²) in [5.41, 5.74) is 1.06. The highest BCUT2D eigenvalue weighted by Crippen LogP contribution is 2.37. The maximum Gasteiger partial charge on any atom is 0.228 e. The predicted octanol–water partition coefficient (Wildman–Crippen LogP) is 3.58. The zero-order valence-electron chi connectivity index (χ0n) is 17.9. The van der Waals surface area contributed by atoms with Gasteiger partial charge in [-0.1, -0.05) is 25.4 Å². The van der Waals surface area contributed by atoms with Crippen LogP contribution in [0.15, 0.2) is 18.2 Å². The lowest BCUT2D eigenvalue weighted by molar-refractivity contribution is -0.145. The minimum Gasteiger partial charge on any atom is -0.370 e. The minimum absolute atomic E-state index is 0.0181. The first kappa shape index (κ1) is 22.4. The second kappa shape index (κ2) is 9.70. The Kier molecular flexibility index (Phi) is 7.25. The lowest BCUT2D eigenvalue weighted by Crippen LogP contribution is -2.51. The molecule has 0 aliphatic carbocycles. The maximum absolute atomic E-state index is 13.3. The fourth-order valence-electron chi connectivity index (χ4n) is 4.45. The molecule has 0 aromatic heterocycles. The number of amides is 2. The van der Waals surface area contributed by atoms with Crippen molar-refractivity contribution in [2.24, 2.45) is 11.3 Å². The molecular weight excluding hydrogens is 400 g/mol. The number of halogens is 1. The lowest BCUT2D eigenvalue weighted by Gasteiger charge is -2.43. The molecule has 6 nitrogen and oxygen atoms in total. The molecule has 162 valence electrons. The summed E-state index contributed by atoms with van der Waals surface area (Å²) >= 11 is 6.02.